The molecule has 1 N–H and O–H groups in total. The molecule has 0 aliphatic heterocycles. The van der Waals surface area contributed by atoms with Crippen molar-refractivity contribution in [2.75, 3.05) is 32.9 Å². The molecule has 1 heterocycles. The van der Waals surface area contributed by atoms with Crippen LogP contribution in [0.1, 0.15) is 20.8 Å². The standard InChI is InChI=1S/C16H16ClN3O5S/c1-23-11-5-8(15(22)25-3)10(6-12(11)24-2)19-14(21)13-9(17)7-18-16(20-13)26-4/h5-7H,1-4H3,(H,19,21). The molecular weight excluding hydrogens is 382 g/mol. The number of halogens is 1. The van der Waals surface area contributed by atoms with Gasteiger partial charge in [0.2, 0.25) is 0 Å². The van der Waals surface area contributed by atoms with Crippen LogP contribution in [0, 0.1) is 0 Å². The minimum Gasteiger partial charge on any atom is -0.493 e. The number of benzene rings is 1. The molecule has 0 bridgehead atoms. The zero-order valence-corrected chi connectivity index (χ0v) is 16.0. The molecule has 0 saturated carbocycles. The molecule has 0 atom stereocenters. The van der Waals surface area contributed by atoms with E-state index in [2.05, 4.69) is 15.3 Å². The van der Waals surface area contributed by atoms with Gasteiger partial charge in [0.05, 0.1) is 43.8 Å². The van der Waals surface area contributed by atoms with Crippen LogP contribution in [-0.4, -0.2) is 49.4 Å². The number of methoxy groups -OCH3 is 3. The zero-order valence-electron chi connectivity index (χ0n) is 14.5. The minimum atomic E-state index is -0.653. The van der Waals surface area contributed by atoms with Crippen molar-refractivity contribution >= 4 is 40.9 Å². The highest BCUT2D eigenvalue weighted by atomic mass is 35.5. The Balaban J connectivity index is 2.47. The zero-order chi connectivity index (χ0) is 19.3. The molecule has 8 nitrogen and oxygen atoms in total. The van der Waals surface area contributed by atoms with E-state index in [4.69, 9.17) is 25.8 Å². The van der Waals surface area contributed by atoms with Crippen LogP contribution < -0.4 is 14.8 Å². The first kappa shape index (κ1) is 19.8. The average Bonchev–Trinajstić information content (AvgIpc) is 2.67. The van der Waals surface area contributed by atoms with Crippen molar-refractivity contribution in [3.05, 3.63) is 34.6 Å². The maximum atomic E-state index is 12.6. The van der Waals surface area contributed by atoms with E-state index in [0.29, 0.717) is 16.7 Å². The van der Waals surface area contributed by atoms with Crippen molar-refractivity contribution in [2.45, 2.75) is 5.16 Å². The third-order valence-corrected chi connectivity index (χ3v) is 4.14. The van der Waals surface area contributed by atoms with Gasteiger partial charge < -0.3 is 19.5 Å². The van der Waals surface area contributed by atoms with Gasteiger partial charge >= 0.3 is 5.97 Å². The summed E-state index contributed by atoms with van der Waals surface area (Å²) >= 11 is 7.29. The highest BCUT2D eigenvalue weighted by Crippen LogP contribution is 2.34. The number of aromatic nitrogens is 2. The van der Waals surface area contributed by atoms with Gasteiger partial charge in [-0.05, 0) is 6.26 Å². The number of nitrogens with zero attached hydrogens (tertiary/aromatic N) is 2. The van der Waals surface area contributed by atoms with Gasteiger partial charge in [-0.2, -0.15) is 0 Å². The van der Waals surface area contributed by atoms with E-state index < -0.39 is 11.9 Å². The molecule has 1 aromatic carbocycles. The summed E-state index contributed by atoms with van der Waals surface area (Å²) in [4.78, 5) is 32.7. The lowest BCUT2D eigenvalue weighted by atomic mass is 10.1. The van der Waals surface area contributed by atoms with Gasteiger partial charge in [0.1, 0.15) is 0 Å². The van der Waals surface area contributed by atoms with Gasteiger partial charge in [0.15, 0.2) is 22.3 Å². The maximum Gasteiger partial charge on any atom is 0.340 e. The Kier molecular flexibility index (Phi) is 6.64. The molecular formula is C16H16ClN3O5S. The largest absolute Gasteiger partial charge is 0.493 e. The van der Waals surface area contributed by atoms with E-state index in [1.54, 1.807) is 6.26 Å². The van der Waals surface area contributed by atoms with E-state index >= 15 is 0 Å². The molecule has 1 amide bonds. The number of esters is 1. The Bertz CT molecular complexity index is 847. The number of rotatable bonds is 6. The van der Waals surface area contributed by atoms with Crippen molar-refractivity contribution in [3.8, 4) is 11.5 Å². The molecule has 0 radical (unpaired) electrons. The van der Waals surface area contributed by atoms with Gasteiger partial charge in [0.25, 0.3) is 5.91 Å². The van der Waals surface area contributed by atoms with Gasteiger partial charge in [-0.1, -0.05) is 23.4 Å². The molecule has 26 heavy (non-hydrogen) atoms. The third kappa shape index (κ3) is 4.17. The van der Waals surface area contributed by atoms with Crippen molar-refractivity contribution in [1.29, 1.82) is 0 Å². The molecule has 2 rings (SSSR count). The number of hydrogen-bond acceptors (Lipinski definition) is 8. The summed E-state index contributed by atoms with van der Waals surface area (Å²) in [7, 11) is 4.10. The lowest BCUT2D eigenvalue weighted by Crippen LogP contribution is -2.18. The second kappa shape index (κ2) is 8.72. The fourth-order valence-electron chi connectivity index (χ4n) is 2.05. The summed E-state index contributed by atoms with van der Waals surface area (Å²) in [5.41, 5.74) is 0.241. The maximum absolute atomic E-state index is 12.6. The predicted molar refractivity (Wildman–Crippen MR) is 97.7 cm³/mol. The number of ether oxygens (including phenoxy) is 3. The van der Waals surface area contributed by atoms with Crippen molar-refractivity contribution in [2.24, 2.45) is 0 Å². The highest BCUT2D eigenvalue weighted by Gasteiger charge is 2.21. The SMILES string of the molecule is COC(=O)c1cc(OC)c(OC)cc1NC(=O)c1nc(SC)ncc1Cl. The fraction of sp³-hybridized carbons (Fsp3) is 0.250. The Labute approximate surface area is 159 Å². The quantitative estimate of drug-likeness (QED) is 0.451. The lowest BCUT2D eigenvalue weighted by Gasteiger charge is -2.14. The molecule has 1 aromatic heterocycles. The molecule has 2 aromatic rings. The highest BCUT2D eigenvalue weighted by molar-refractivity contribution is 7.98. The Hall–Kier alpha value is -2.52. The summed E-state index contributed by atoms with van der Waals surface area (Å²) in [5.74, 6) is -0.616. The van der Waals surface area contributed by atoms with Crippen LogP contribution in [-0.2, 0) is 4.74 Å². The van der Waals surface area contributed by atoms with Crippen LogP contribution in [0.4, 0.5) is 5.69 Å². The van der Waals surface area contributed by atoms with E-state index in [0.717, 1.165) is 0 Å². The molecule has 0 unspecified atom stereocenters. The van der Waals surface area contributed by atoms with E-state index in [-0.39, 0.29) is 22.0 Å². The van der Waals surface area contributed by atoms with E-state index in [1.807, 2.05) is 0 Å². The van der Waals surface area contributed by atoms with Crippen molar-refractivity contribution in [1.82, 2.24) is 9.97 Å². The number of hydrogen-bond donors (Lipinski definition) is 1. The molecule has 0 aliphatic rings. The predicted octanol–water partition coefficient (Wildman–Crippen LogP) is 2.91. The normalized spacial score (nSPS) is 10.2. The van der Waals surface area contributed by atoms with Crippen LogP contribution >= 0.6 is 23.4 Å². The Morgan fingerprint density at radius 1 is 1.15 bits per heavy atom. The van der Waals surface area contributed by atoms with Crippen molar-refractivity contribution < 1.29 is 23.8 Å². The van der Waals surface area contributed by atoms with Crippen LogP contribution in [0.15, 0.2) is 23.5 Å². The number of amides is 1. The third-order valence-electron chi connectivity index (χ3n) is 3.30. The second-order valence-electron chi connectivity index (χ2n) is 4.75. The molecule has 0 aliphatic carbocycles. The molecule has 0 saturated heterocycles. The minimum absolute atomic E-state index is 0.0170. The first-order valence-electron chi connectivity index (χ1n) is 7.17. The molecule has 10 heteroatoms. The van der Waals surface area contributed by atoms with Crippen LogP contribution in [0.25, 0.3) is 0 Å². The first-order valence-corrected chi connectivity index (χ1v) is 8.77. The number of carbonyl (C=O) groups excluding carboxylic acids is 2. The molecule has 0 spiro atoms. The van der Waals surface area contributed by atoms with E-state index in [9.17, 15) is 9.59 Å². The lowest BCUT2D eigenvalue weighted by molar-refractivity contribution is 0.0601. The van der Waals surface area contributed by atoms with Gasteiger partial charge in [-0.3, -0.25) is 4.79 Å². The Morgan fingerprint density at radius 2 is 1.81 bits per heavy atom. The molecule has 138 valence electrons. The number of nitrogens with one attached hydrogen (secondary N) is 1. The smallest absolute Gasteiger partial charge is 0.340 e. The van der Waals surface area contributed by atoms with Crippen LogP contribution in [0.2, 0.25) is 5.02 Å². The summed E-state index contributed by atoms with van der Waals surface area (Å²) < 4.78 is 15.1. The average molecular weight is 398 g/mol. The summed E-state index contributed by atoms with van der Waals surface area (Å²) in [6.45, 7) is 0. The summed E-state index contributed by atoms with van der Waals surface area (Å²) in [6, 6.07) is 2.86. The van der Waals surface area contributed by atoms with Crippen LogP contribution in [0.5, 0.6) is 11.5 Å². The van der Waals surface area contributed by atoms with Gasteiger partial charge in [-0.25, -0.2) is 14.8 Å². The number of carbonyl (C=O) groups is 2. The van der Waals surface area contributed by atoms with Gasteiger partial charge in [0, 0.05) is 12.1 Å². The van der Waals surface area contributed by atoms with E-state index in [1.165, 1.54) is 51.4 Å². The van der Waals surface area contributed by atoms with Gasteiger partial charge in [-0.15, -0.1) is 0 Å². The first-order chi connectivity index (χ1) is 12.4. The number of anilines is 1. The summed E-state index contributed by atoms with van der Waals surface area (Å²) in [6.07, 6.45) is 3.11. The van der Waals surface area contributed by atoms with Crippen LogP contribution in [0.3, 0.4) is 0 Å². The summed E-state index contributed by atoms with van der Waals surface area (Å²) in [5, 5.41) is 3.07. The second-order valence-corrected chi connectivity index (χ2v) is 5.93. The molecule has 0 fully saturated rings. The fourth-order valence-corrected chi connectivity index (χ4v) is 2.57. The monoisotopic (exact) mass is 397 g/mol. The Morgan fingerprint density at radius 3 is 2.38 bits per heavy atom. The van der Waals surface area contributed by atoms with Crippen molar-refractivity contribution in [3.63, 3.8) is 0 Å². The topological polar surface area (TPSA) is 99.6 Å². The number of thioether (sulfide) groups is 1.